The summed E-state index contributed by atoms with van der Waals surface area (Å²) in [4.78, 5) is 11.8. The van der Waals surface area contributed by atoms with Gasteiger partial charge < -0.3 is 9.84 Å². The van der Waals surface area contributed by atoms with Crippen molar-refractivity contribution in [2.45, 2.75) is 76.2 Å². The van der Waals surface area contributed by atoms with Crippen LogP contribution in [0.4, 0.5) is 0 Å². The Kier molecular flexibility index (Phi) is 11.2. The SMILES string of the molecule is CCCCCCCCCC(=O)OCC(CO)OS(=O)(=O)c1ccc(C)cc1. The third-order valence-electron chi connectivity index (χ3n) is 4.19. The van der Waals surface area contributed by atoms with Crippen molar-refractivity contribution in [2.24, 2.45) is 0 Å². The molecule has 0 aliphatic carbocycles. The molecule has 1 atom stereocenters. The van der Waals surface area contributed by atoms with Crippen molar-refractivity contribution < 1.29 is 27.2 Å². The van der Waals surface area contributed by atoms with E-state index < -0.39 is 28.8 Å². The van der Waals surface area contributed by atoms with Crippen LogP contribution in [-0.2, 0) is 23.8 Å². The number of aliphatic hydroxyl groups is 1. The molecule has 7 heteroatoms. The predicted octanol–water partition coefficient (Wildman–Crippen LogP) is 3.75. The van der Waals surface area contributed by atoms with Gasteiger partial charge in [-0.2, -0.15) is 8.42 Å². The Labute approximate surface area is 163 Å². The standard InChI is InChI=1S/C20H32O6S/c1-3-4-5-6-7-8-9-10-20(22)25-16-18(15-21)26-27(23,24)19-13-11-17(2)12-14-19/h11-14,18,21H,3-10,15-16H2,1-2H3. The molecule has 6 nitrogen and oxygen atoms in total. The first-order valence-electron chi connectivity index (χ1n) is 9.65. The van der Waals surface area contributed by atoms with E-state index >= 15 is 0 Å². The summed E-state index contributed by atoms with van der Waals surface area (Å²) in [5.74, 6) is -0.404. The maximum Gasteiger partial charge on any atom is 0.305 e. The fourth-order valence-corrected chi connectivity index (χ4v) is 3.59. The molecule has 0 aliphatic heterocycles. The lowest BCUT2D eigenvalue weighted by Crippen LogP contribution is -2.28. The van der Waals surface area contributed by atoms with Crippen molar-refractivity contribution in [2.75, 3.05) is 13.2 Å². The molecular formula is C20H32O6S. The smallest absolute Gasteiger partial charge is 0.305 e. The fraction of sp³-hybridized carbons (Fsp3) is 0.650. The van der Waals surface area contributed by atoms with Gasteiger partial charge in [0.15, 0.2) is 0 Å². The maximum atomic E-state index is 12.2. The number of hydrogen-bond donors (Lipinski definition) is 1. The summed E-state index contributed by atoms with van der Waals surface area (Å²) in [6, 6.07) is 6.19. The molecule has 0 aliphatic rings. The van der Waals surface area contributed by atoms with Crippen molar-refractivity contribution in [3.63, 3.8) is 0 Å². The van der Waals surface area contributed by atoms with Crippen LogP contribution in [0.5, 0.6) is 0 Å². The van der Waals surface area contributed by atoms with Gasteiger partial charge in [-0.1, -0.05) is 63.1 Å². The number of carbonyl (C=O) groups is 1. The highest BCUT2D eigenvalue weighted by molar-refractivity contribution is 7.86. The van der Waals surface area contributed by atoms with E-state index in [4.69, 9.17) is 8.92 Å². The van der Waals surface area contributed by atoms with Crippen LogP contribution in [-0.4, -0.2) is 38.8 Å². The number of aliphatic hydroxyl groups excluding tert-OH is 1. The molecule has 1 rings (SSSR count). The third kappa shape index (κ3) is 9.89. The number of aryl methyl sites for hydroxylation is 1. The molecule has 154 valence electrons. The zero-order valence-electron chi connectivity index (χ0n) is 16.4. The number of benzene rings is 1. The summed E-state index contributed by atoms with van der Waals surface area (Å²) < 4.78 is 34.4. The number of carbonyl (C=O) groups excluding carboxylic acids is 1. The highest BCUT2D eigenvalue weighted by atomic mass is 32.2. The van der Waals surface area contributed by atoms with Gasteiger partial charge in [0, 0.05) is 6.42 Å². The van der Waals surface area contributed by atoms with Gasteiger partial charge in [-0.25, -0.2) is 0 Å². The van der Waals surface area contributed by atoms with E-state index in [1.165, 1.54) is 37.8 Å². The second-order valence-corrected chi connectivity index (χ2v) is 8.29. The van der Waals surface area contributed by atoms with Crippen LogP contribution in [0, 0.1) is 6.92 Å². The zero-order valence-corrected chi connectivity index (χ0v) is 17.2. The Morgan fingerprint density at radius 2 is 1.63 bits per heavy atom. The third-order valence-corrected chi connectivity index (χ3v) is 5.57. The maximum absolute atomic E-state index is 12.2. The monoisotopic (exact) mass is 400 g/mol. The highest BCUT2D eigenvalue weighted by Gasteiger charge is 2.22. The minimum Gasteiger partial charge on any atom is -0.463 e. The summed E-state index contributed by atoms with van der Waals surface area (Å²) >= 11 is 0. The van der Waals surface area contributed by atoms with Crippen molar-refractivity contribution in [1.82, 2.24) is 0 Å². The summed E-state index contributed by atoms with van der Waals surface area (Å²) in [5.41, 5.74) is 0.923. The molecule has 1 aromatic carbocycles. The van der Waals surface area contributed by atoms with Crippen LogP contribution in [0.3, 0.4) is 0 Å². The molecule has 0 heterocycles. The van der Waals surface area contributed by atoms with Crippen LogP contribution in [0.1, 0.15) is 63.9 Å². The van der Waals surface area contributed by atoms with E-state index in [0.29, 0.717) is 0 Å². The van der Waals surface area contributed by atoms with E-state index in [1.807, 2.05) is 6.92 Å². The average molecular weight is 401 g/mol. The van der Waals surface area contributed by atoms with Gasteiger partial charge in [-0.05, 0) is 25.5 Å². The van der Waals surface area contributed by atoms with Crippen LogP contribution in [0.25, 0.3) is 0 Å². The first-order valence-corrected chi connectivity index (χ1v) is 11.1. The molecule has 1 N–H and O–H groups in total. The van der Waals surface area contributed by atoms with Crippen molar-refractivity contribution >= 4 is 16.1 Å². The topological polar surface area (TPSA) is 89.9 Å². The Morgan fingerprint density at radius 1 is 1.04 bits per heavy atom. The number of hydrogen-bond acceptors (Lipinski definition) is 6. The van der Waals surface area contributed by atoms with Crippen molar-refractivity contribution in [3.05, 3.63) is 29.8 Å². The molecule has 0 saturated carbocycles. The summed E-state index contributed by atoms with van der Waals surface area (Å²) in [6.45, 7) is 3.16. The van der Waals surface area contributed by atoms with Gasteiger partial charge in [-0.3, -0.25) is 8.98 Å². The van der Waals surface area contributed by atoms with Crippen LogP contribution >= 0.6 is 0 Å². The molecule has 0 aromatic heterocycles. The predicted molar refractivity (Wildman–Crippen MR) is 104 cm³/mol. The molecule has 0 amide bonds. The minimum absolute atomic E-state index is 0.000879. The van der Waals surface area contributed by atoms with Gasteiger partial charge in [-0.15, -0.1) is 0 Å². The molecule has 0 fully saturated rings. The first kappa shape index (κ1) is 23.6. The van der Waals surface area contributed by atoms with E-state index in [-0.39, 0.29) is 17.9 Å². The van der Waals surface area contributed by atoms with Gasteiger partial charge in [0.25, 0.3) is 10.1 Å². The van der Waals surface area contributed by atoms with Crippen LogP contribution < -0.4 is 0 Å². The normalized spacial score (nSPS) is 12.7. The van der Waals surface area contributed by atoms with Crippen LogP contribution in [0.15, 0.2) is 29.2 Å². The minimum atomic E-state index is -4.02. The lowest BCUT2D eigenvalue weighted by molar-refractivity contribution is -0.146. The lowest BCUT2D eigenvalue weighted by atomic mass is 10.1. The Hall–Kier alpha value is -1.44. The zero-order chi connectivity index (χ0) is 20.1. The van der Waals surface area contributed by atoms with E-state index in [2.05, 4.69) is 6.92 Å². The molecule has 0 bridgehead atoms. The van der Waals surface area contributed by atoms with Crippen molar-refractivity contribution in [3.8, 4) is 0 Å². The van der Waals surface area contributed by atoms with Gasteiger partial charge in [0.1, 0.15) is 12.7 Å². The average Bonchev–Trinajstić information content (AvgIpc) is 2.64. The number of esters is 1. The summed E-state index contributed by atoms with van der Waals surface area (Å²) in [7, 11) is -4.02. The quantitative estimate of drug-likeness (QED) is 0.291. The fourth-order valence-electron chi connectivity index (χ4n) is 2.54. The van der Waals surface area contributed by atoms with Gasteiger partial charge >= 0.3 is 5.97 Å². The van der Waals surface area contributed by atoms with Crippen LogP contribution in [0.2, 0.25) is 0 Å². The van der Waals surface area contributed by atoms with Gasteiger partial charge in [0.05, 0.1) is 11.5 Å². The van der Waals surface area contributed by atoms with E-state index in [0.717, 1.165) is 24.8 Å². The Bertz CT molecular complexity index is 639. The van der Waals surface area contributed by atoms with Crippen molar-refractivity contribution in [1.29, 1.82) is 0 Å². The summed E-state index contributed by atoms with van der Waals surface area (Å²) in [5, 5.41) is 9.33. The number of unbranched alkanes of at least 4 members (excludes halogenated alkanes) is 6. The first-order chi connectivity index (χ1) is 12.9. The highest BCUT2D eigenvalue weighted by Crippen LogP contribution is 2.15. The number of rotatable bonds is 14. The molecule has 1 aromatic rings. The molecule has 1 unspecified atom stereocenters. The largest absolute Gasteiger partial charge is 0.463 e. The Morgan fingerprint density at radius 3 is 2.22 bits per heavy atom. The lowest BCUT2D eigenvalue weighted by Gasteiger charge is -2.15. The molecule has 0 spiro atoms. The molecule has 0 radical (unpaired) electrons. The Balaban J connectivity index is 2.32. The molecule has 0 saturated heterocycles. The van der Waals surface area contributed by atoms with Gasteiger partial charge in [0.2, 0.25) is 0 Å². The summed E-state index contributed by atoms with van der Waals surface area (Å²) in [6.07, 6.45) is 6.86. The second-order valence-electron chi connectivity index (χ2n) is 6.72. The molecule has 27 heavy (non-hydrogen) atoms. The second kappa shape index (κ2) is 12.9. The van der Waals surface area contributed by atoms with E-state index in [9.17, 15) is 18.3 Å². The van der Waals surface area contributed by atoms with E-state index in [1.54, 1.807) is 12.1 Å². The number of ether oxygens (including phenoxy) is 1. The molecular weight excluding hydrogens is 368 g/mol.